The molecule has 2 heteroatoms. The molecule has 0 spiro atoms. The molecule has 0 aliphatic heterocycles. The van der Waals surface area contributed by atoms with Crippen LogP contribution in [-0.4, -0.2) is 23.9 Å². The number of rotatable bonds is 24. The summed E-state index contributed by atoms with van der Waals surface area (Å²) in [6.07, 6.45) is 28.5. The highest BCUT2D eigenvalue weighted by Crippen LogP contribution is 2.13. The number of allylic oxidation sites excluding steroid dienone is 1. The summed E-state index contributed by atoms with van der Waals surface area (Å²) in [4.78, 5) is 15.0. The summed E-state index contributed by atoms with van der Waals surface area (Å²) in [5.41, 5.74) is 0. The standard InChI is InChI=1S/C28H55NO/c1-4-7-10-13-15-17-20-23-26-29(28(30)25-22-19-12-9-6-3)27-24-21-18-16-14-11-8-5-2/h4H,1,5-27H2,2-3H3. The Morgan fingerprint density at radius 3 is 1.47 bits per heavy atom. The fourth-order valence-corrected chi connectivity index (χ4v) is 4.13. The van der Waals surface area contributed by atoms with Crippen LogP contribution in [0.1, 0.15) is 149 Å². The second-order valence-corrected chi connectivity index (χ2v) is 9.22. The molecule has 0 aromatic carbocycles. The third-order valence-corrected chi connectivity index (χ3v) is 6.21. The molecule has 0 saturated heterocycles. The van der Waals surface area contributed by atoms with Gasteiger partial charge in [-0.1, -0.05) is 116 Å². The van der Waals surface area contributed by atoms with E-state index in [1.54, 1.807) is 0 Å². The number of hydrogen-bond acceptors (Lipinski definition) is 1. The summed E-state index contributed by atoms with van der Waals surface area (Å²) in [5, 5.41) is 0. The molecule has 0 bridgehead atoms. The molecule has 0 aliphatic rings. The third kappa shape index (κ3) is 20.5. The van der Waals surface area contributed by atoms with Gasteiger partial charge in [0.2, 0.25) is 5.91 Å². The first-order valence-electron chi connectivity index (χ1n) is 13.6. The first-order chi connectivity index (χ1) is 14.8. The SMILES string of the molecule is C=CCCCCCCCCN(CCCCCCCCCC)C(=O)CCCCCCC. The highest BCUT2D eigenvalue weighted by atomic mass is 16.2. The minimum Gasteiger partial charge on any atom is -0.343 e. The van der Waals surface area contributed by atoms with Crippen LogP contribution in [0, 0.1) is 0 Å². The number of carbonyl (C=O) groups excluding carboxylic acids is 1. The van der Waals surface area contributed by atoms with Gasteiger partial charge in [-0.2, -0.15) is 0 Å². The van der Waals surface area contributed by atoms with Gasteiger partial charge < -0.3 is 4.90 Å². The van der Waals surface area contributed by atoms with Gasteiger partial charge in [0, 0.05) is 19.5 Å². The third-order valence-electron chi connectivity index (χ3n) is 6.21. The molecule has 0 N–H and O–H groups in total. The fourth-order valence-electron chi connectivity index (χ4n) is 4.13. The summed E-state index contributed by atoms with van der Waals surface area (Å²) < 4.78 is 0. The van der Waals surface area contributed by atoms with E-state index in [9.17, 15) is 4.79 Å². The average Bonchev–Trinajstić information content (AvgIpc) is 2.75. The lowest BCUT2D eigenvalue weighted by Crippen LogP contribution is -2.32. The molecule has 178 valence electrons. The molecular weight excluding hydrogens is 366 g/mol. The summed E-state index contributed by atoms with van der Waals surface area (Å²) in [5.74, 6) is 0.417. The second-order valence-electron chi connectivity index (χ2n) is 9.22. The van der Waals surface area contributed by atoms with E-state index in [1.165, 1.54) is 116 Å². The quantitative estimate of drug-likeness (QED) is 0.112. The van der Waals surface area contributed by atoms with Crippen molar-refractivity contribution in [1.29, 1.82) is 0 Å². The molecule has 0 aromatic heterocycles. The summed E-state index contributed by atoms with van der Waals surface area (Å²) in [7, 11) is 0. The predicted octanol–water partition coefficient (Wildman–Crippen LogP) is 9.23. The second kappa shape index (κ2) is 24.5. The molecule has 0 atom stereocenters. The van der Waals surface area contributed by atoms with Crippen molar-refractivity contribution in [1.82, 2.24) is 4.90 Å². The zero-order valence-electron chi connectivity index (χ0n) is 20.9. The molecule has 0 saturated carbocycles. The normalized spacial score (nSPS) is 11.0. The topological polar surface area (TPSA) is 20.3 Å². The average molecular weight is 422 g/mol. The maximum atomic E-state index is 12.8. The van der Waals surface area contributed by atoms with E-state index in [2.05, 4.69) is 25.3 Å². The molecule has 0 aliphatic carbocycles. The van der Waals surface area contributed by atoms with Crippen molar-refractivity contribution in [2.75, 3.05) is 13.1 Å². The zero-order chi connectivity index (χ0) is 22.1. The Morgan fingerprint density at radius 1 is 0.600 bits per heavy atom. The van der Waals surface area contributed by atoms with Crippen LogP contribution in [0.15, 0.2) is 12.7 Å². The van der Waals surface area contributed by atoms with Crippen molar-refractivity contribution in [3.05, 3.63) is 12.7 Å². The highest BCUT2D eigenvalue weighted by molar-refractivity contribution is 5.76. The molecule has 0 unspecified atom stereocenters. The number of amides is 1. The smallest absolute Gasteiger partial charge is 0.222 e. The molecule has 0 fully saturated rings. The molecule has 0 rings (SSSR count). The van der Waals surface area contributed by atoms with Gasteiger partial charge in [-0.05, 0) is 32.1 Å². The van der Waals surface area contributed by atoms with E-state index in [0.29, 0.717) is 5.91 Å². The van der Waals surface area contributed by atoms with E-state index in [-0.39, 0.29) is 0 Å². The molecule has 0 heterocycles. The van der Waals surface area contributed by atoms with Gasteiger partial charge in [0.1, 0.15) is 0 Å². The van der Waals surface area contributed by atoms with Crippen LogP contribution in [0.4, 0.5) is 0 Å². The van der Waals surface area contributed by atoms with Crippen molar-refractivity contribution in [3.8, 4) is 0 Å². The Kier molecular flexibility index (Phi) is 23.8. The van der Waals surface area contributed by atoms with Crippen molar-refractivity contribution >= 4 is 5.91 Å². The number of nitrogens with zero attached hydrogens (tertiary/aromatic N) is 1. The van der Waals surface area contributed by atoms with Gasteiger partial charge in [0.05, 0.1) is 0 Å². The van der Waals surface area contributed by atoms with E-state index in [1.807, 2.05) is 6.08 Å². The number of carbonyl (C=O) groups is 1. The van der Waals surface area contributed by atoms with Crippen LogP contribution < -0.4 is 0 Å². The monoisotopic (exact) mass is 421 g/mol. The van der Waals surface area contributed by atoms with Gasteiger partial charge in [-0.3, -0.25) is 4.79 Å². The van der Waals surface area contributed by atoms with E-state index in [0.717, 1.165) is 32.4 Å². The largest absolute Gasteiger partial charge is 0.343 e. The molecule has 2 nitrogen and oxygen atoms in total. The minimum absolute atomic E-state index is 0.417. The highest BCUT2D eigenvalue weighted by Gasteiger charge is 2.12. The van der Waals surface area contributed by atoms with Crippen LogP contribution in [0.3, 0.4) is 0 Å². The lowest BCUT2D eigenvalue weighted by molar-refractivity contribution is -0.131. The van der Waals surface area contributed by atoms with Crippen molar-refractivity contribution < 1.29 is 4.79 Å². The van der Waals surface area contributed by atoms with Crippen LogP contribution >= 0.6 is 0 Å². The van der Waals surface area contributed by atoms with Gasteiger partial charge >= 0.3 is 0 Å². The van der Waals surface area contributed by atoms with Gasteiger partial charge in [-0.15, -0.1) is 6.58 Å². The Labute approximate surface area is 190 Å². The Morgan fingerprint density at radius 2 is 1.00 bits per heavy atom. The Bertz CT molecular complexity index is 366. The van der Waals surface area contributed by atoms with Crippen LogP contribution in [0.2, 0.25) is 0 Å². The van der Waals surface area contributed by atoms with Crippen molar-refractivity contribution in [2.24, 2.45) is 0 Å². The van der Waals surface area contributed by atoms with E-state index >= 15 is 0 Å². The first kappa shape index (κ1) is 29.2. The Balaban J connectivity index is 4.02. The summed E-state index contributed by atoms with van der Waals surface area (Å²) >= 11 is 0. The van der Waals surface area contributed by atoms with Crippen LogP contribution in [-0.2, 0) is 4.79 Å². The van der Waals surface area contributed by atoms with Gasteiger partial charge in [-0.25, -0.2) is 0 Å². The van der Waals surface area contributed by atoms with Crippen LogP contribution in [0.25, 0.3) is 0 Å². The van der Waals surface area contributed by atoms with Gasteiger partial charge in [0.25, 0.3) is 0 Å². The van der Waals surface area contributed by atoms with E-state index in [4.69, 9.17) is 0 Å². The summed E-state index contributed by atoms with van der Waals surface area (Å²) in [6.45, 7) is 10.3. The molecule has 30 heavy (non-hydrogen) atoms. The molecule has 1 amide bonds. The van der Waals surface area contributed by atoms with Crippen molar-refractivity contribution in [2.45, 2.75) is 149 Å². The lowest BCUT2D eigenvalue weighted by atomic mass is 10.1. The van der Waals surface area contributed by atoms with Crippen LogP contribution in [0.5, 0.6) is 0 Å². The summed E-state index contributed by atoms with van der Waals surface area (Å²) in [6, 6.07) is 0. The first-order valence-corrected chi connectivity index (χ1v) is 13.6. The minimum atomic E-state index is 0.417. The van der Waals surface area contributed by atoms with Crippen molar-refractivity contribution in [3.63, 3.8) is 0 Å². The molecule has 0 aromatic rings. The predicted molar refractivity (Wildman–Crippen MR) is 135 cm³/mol. The van der Waals surface area contributed by atoms with E-state index < -0.39 is 0 Å². The zero-order valence-corrected chi connectivity index (χ0v) is 20.9. The maximum absolute atomic E-state index is 12.8. The number of hydrogen-bond donors (Lipinski definition) is 0. The van der Waals surface area contributed by atoms with Gasteiger partial charge in [0.15, 0.2) is 0 Å². The fraction of sp³-hybridized carbons (Fsp3) is 0.893. The number of unbranched alkanes of at least 4 members (excludes halogenated alkanes) is 17. The molecular formula is C28H55NO. The maximum Gasteiger partial charge on any atom is 0.222 e. The molecule has 0 radical (unpaired) electrons. The lowest BCUT2D eigenvalue weighted by Gasteiger charge is -2.23. The Hall–Kier alpha value is -0.790.